The fourth-order valence-corrected chi connectivity index (χ4v) is 5.65. The van der Waals surface area contributed by atoms with Crippen molar-refractivity contribution in [2.24, 2.45) is 13.0 Å². The lowest BCUT2D eigenvalue weighted by molar-refractivity contribution is 0.208. The zero-order valence-electron chi connectivity index (χ0n) is 14.3. The first-order chi connectivity index (χ1) is 11.5. The van der Waals surface area contributed by atoms with E-state index in [2.05, 4.69) is 9.88 Å². The van der Waals surface area contributed by atoms with Crippen molar-refractivity contribution in [3.8, 4) is 0 Å². The quantitative estimate of drug-likeness (QED) is 0.811. The maximum Gasteiger partial charge on any atom is 0.263 e. The number of hydrogen-bond acceptors (Lipinski definition) is 4. The summed E-state index contributed by atoms with van der Waals surface area (Å²) < 4.78 is 28.7. The van der Waals surface area contributed by atoms with Crippen molar-refractivity contribution in [3.63, 3.8) is 0 Å². The fraction of sp³-hybridized carbons (Fsp3) is 0.812. The minimum absolute atomic E-state index is 0.0209. The highest BCUT2D eigenvalue weighted by Gasteiger charge is 2.31. The molecule has 2 aliphatic rings. The van der Waals surface area contributed by atoms with Crippen molar-refractivity contribution < 1.29 is 8.42 Å². The van der Waals surface area contributed by atoms with Gasteiger partial charge in [0, 0.05) is 33.2 Å². The molecule has 1 aliphatic carbocycles. The Hall–Kier alpha value is -0.630. The third-order valence-electron chi connectivity index (χ3n) is 5.21. The Morgan fingerprint density at radius 1 is 1.12 bits per heavy atom. The van der Waals surface area contributed by atoms with E-state index in [1.54, 1.807) is 11.4 Å². The van der Waals surface area contributed by atoms with E-state index in [1.165, 1.54) is 43.0 Å². The van der Waals surface area contributed by atoms with E-state index in [4.69, 9.17) is 11.6 Å². The lowest BCUT2D eigenvalue weighted by Gasteiger charge is -2.28. The van der Waals surface area contributed by atoms with Gasteiger partial charge in [0.2, 0.25) is 5.03 Å². The lowest BCUT2D eigenvalue weighted by Crippen LogP contribution is -2.37. The van der Waals surface area contributed by atoms with Crippen LogP contribution in [0.1, 0.15) is 38.5 Å². The first-order valence-corrected chi connectivity index (χ1v) is 10.7. The van der Waals surface area contributed by atoms with Crippen LogP contribution in [-0.2, 0) is 17.1 Å². The molecule has 6 nitrogen and oxygen atoms in total. The predicted octanol–water partition coefficient (Wildman–Crippen LogP) is 2.35. The van der Waals surface area contributed by atoms with E-state index in [0.717, 1.165) is 32.0 Å². The lowest BCUT2D eigenvalue weighted by atomic mass is 9.89. The molecule has 1 saturated carbocycles. The molecular weight excluding hydrogens is 348 g/mol. The Balaban J connectivity index is 1.63. The van der Waals surface area contributed by atoms with E-state index in [0.29, 0.717) is 13.1 Å². The average molecular weight is 375 g/mol. The van der Waals surface area contributed by atoms with Gasteiger partial charge in [0.25, 0.3) is 10.0 Å². The Morgan fingerprint density at radius 2 is 1.88 bits per heavy atom. The molecule has 0 radical (unpaired) electrons. The Bertz CT molecular complexity index is 655. The van der Waals surface area contributed by atoms with Crippen LogP contribution in [-0.4, -0.2) is 59.9 Å². The summed E-state index contributed by atoms with van der Waals surface area (Å²) in [5.74, 6) is 0.784. The second kappa shape index (κ2) is 7.72. The van der Waals surface area contributed by atoms with Crippen LogP contribution in [0.2, 0.25) is 5.15 Å². The molecule has 0 aromatic carbocycles. The summed E-state index contributed by atoms with van der Waals surface area (Å²) in [7, 11) is -1.91. The SMILES string of the molecule is Cn1cnc(S(=O)(=O)N2CCCN(CC3CCCCC3)CC2)c1Cl. The maximum atomic E-state index is 12.8. The third kappa shape index (κ3) is 3.95. The monoisotopic (exact) mass is 374 g/mol. The molecule has 1 aromatic heterocycles. The molecule has 0 atom stereocenters. The van der Waals surface area contributed by atoms with Gasteiger partial charge in [-0.25, -0.2) is 13.4 Å². The van der Waals surface area contributed by atoms with Crippen molar-refractivity contribution in [2.45, 2.75) is 43.6 Å². The van der Waals surface area contributed by atoms with Gasteiger partial charge in [-0.3, -0.25) is 0 Å². The topological polar surface area (TPSA) is 58.4 Å². The van der Waals surface area contributed by atoms with Crippen molar-refractivity contribution in [1.82, 2.24) is 18.8 Å². The van der Waals surface area contributed by atoms with Gasteiger partial charge in [0.1, 0.15) is 5.15 Å². The molecule has 1 aromatic rings. The number of nitrogens with zero attached hydrogens (tertiary/aromatic N) is 4. The molecular formula is C16H27ClN4O2S. The van der Waals surface area contributed by atoms with Crippen LogP contribution in [0.4, 0.5) is 0 Å². The summed E-state index contributed by atoms with van der Waals surface area (Å²) in [6.07, 6.45) is 9.00. The number of sulfonamides is 1. The molecule has 3 rings (SSSR count). The molecule has 8 heteroatoms. The zero-order chi connectivity index (χ0) is 17.2. The van der Waals surface area contributed by atoms with E-state index in [-0.39, 0.29) is 10.2 Å². The average Bonchev–Trinajstić information content (AvgIpc) is 2.76. The van der Waals surface area contributed by atoms with E-state index in [9.17, 15) is 8.42 Å². The summed E-state index contributed by atoms with van der Waals surface area (Å²) in [6, 6.07) is 0. The summed E-state index contributed by atoms with van der Waals surface area (Å²) in [4.78, 5) is 6.43. The molecule has 0 unspecified atom stereocenters. The first-order valence-electron chi connectivity index (χ1n) is 8.88. The Morgan fingerprint density at radius 3 is 2.54 bits per heavy atom. The standard InChI is InChI=1S/C16H27ClN4O2S/c1-19-13-18-16(15(19)17)24(22,23)21-9-5-8-20(10-11-21)12-14-6-3-2-4-7-14/h13-14H,2-12H2,1H3. The van der Waals surface area contributed by atoms with Crippen LogP contribution in [0.5, 0.6) is 0 Å². The van der Waals surface area contributed by atoms with Gasteiger partial charge in [-0.15, -0.1) is 0 Å². The van der Waals surface area contributed by atoms with Crippen LogP contribution in [0.15, 0.2) is 11.4 Å². The zero-order valence-corrected chi connectivity index (χ0v) is 15.9. The number of hydrogen-bond donors (Lipinski definition) is 0. The largest absolute Gasteiger partial charge is 0.324 e. The molecule has 2 fully saturated rings. The van der Waals surface area contributed by atoms with Gasteiger partial charge in [0.15, 0.2) is 0 Å². The second-order valence-electron chi connectivity index (χ2n) is 7.01. The second-order valence-corrected chi connectivity index (χ2v) is 9.22. The first kappa shape index (κ1) is 18.2. The predicted molar refractivity (Wildman–Crippen MR) is 94.6 cm³/mol. The van der Waals surface area contributed by atoms with E-state index >= 15 is 0 Å². The molecule has 0 N–H and O–H groups in total. The van der Waals surface area contributed by atoms with E-state index < -0.39 is 10.0 Å². The van der Waals surface area contributed by atoms with Crippen LogP contribution < -0.4 is 0 Å². The van der Waals surface area contributed by atoms with Crippen LogP contribution >= 0.6 is 11.6 Å². The number of halogens is 1. The Labute approximate surface area is 149 Å². The summed E-state index contributed by atoms with van der Waals surface area (Å²) in [6.45, 7) is 3.93. The summed E-state index contributed by atoms with van der Waals surface area (Å²) in [5.41, 5.74) is 0. The van der Waals surface area contributed by atoms with Crippen LogP contribution in [0.3, 0.4) is 0 Å². The Kier molecular flexibility index (Phi) is 5.85. The maximum absolute atomic E-state index is 12.8. The van der Waals surface area contributed by atoms with Crippen molar-refractivity contribution >= 4 is 21.6 Å². The number of aryl methyl sites for hydroxylation is 1. The molecule has 24 heavy (non-hydrogen) atoms. The molecule has 1 saturated heterocycles. The van der Waals surface area contributed by atoms with Gasteiger partial charge in [0.05, 0.1) is 6.33 Å². The minimum Gasteiger partial charge on any atom is -0.324 e. The van der Waals surface area contributed by atoms with Crippen LogP contribution in [0.25, 0.3) is 0 Å². The highest BCUT2D eigenvalue weighted by atomic mass is 35.5. The van der Waals surface area contributed by atoms with Gasteiger partial charge in [-0.1, -0.05) is 30.9 Å². The van der Waals surface area contributed by atoms with Gasteiger partial charge in [-0.2, -0.15) is 4.31 Å². The van der Waals surface area contributed by atoms with Crippen molar-refractivity contribution in [1.29, 1.82) is 0 Å². The summed E-state index contributed by atoms with van der Waals surface area (Å²) >= 11 is 6.10. The van der Waals surface area contributed by atoms with Gasteiger partial charge >= 0.3 is 0 Å². The van der Waals surface area contributed by atoms with Crippen molar-refractivity contribution in [2.75, 3.05) is 32.7 Å². The number of rotatable bonds is 4. The number of imidazole rings is 1. The summed E-state index contributed by atoms with van der Waals surface area (Å²) in [5, 5.41) is 0.158. The molecule has 0 bridgehead atoms. The molecule has 136 valence electrons. The normalized spacial score (nSPS) is 22.6. The third-order valence-corrected chi connectivity index (χ3v) is 7.60. The molecule has 0 spiro atoms. The van der Waals surface area contributed by atoms with Gasteiger partial charge < -0.3 is 9.47 Å². The highest BCUT2D eigenvalue weighted by Crippen LogP contribution is 2.26. The van der Waals surface area contributed by atoms with Gasteiger partial charge in [-0.05, 0) is 31.7 Å². The number of aromatic nitrogens is 2. The minimum atomic E-state index is -3.61. The highest BCUT2D eigenvalue weighted by molar-refractivity contribution is 7.89. The molecule has 1 aliphatic heterocycles. The molecule has 2 heterocycles. The fourth-order valence-electron chi connectivity index (χ4n) is 3.79. The van der Waals surface area contributed by atoms with Crippen LogP contribution in [0, 0.1) is 5.92 Å². The smallest absolute Gasteiger partial charge is 0.263 e. The van der Waals surface area contributed by atoms with E-state index in [1.807, 2.05) is 0 Å². The molecule has 0 amide bonds. The van der Waals surface area contributed by atoms with Crippen molar-refractivity contribution in [3.05, 3.63) is 11.5 Å².